The molecule has 0 radical (unpaired) electrons. The summed E-state index contributed by atoms with van der Waals surface area (Å²) >= 11 is 0. The Balaban J connectivity index is 1.70. The summed E-state index contributed by atoms with van der Waals surface area (Å²) in [6.45, 7) is 6.90. The zero-order valence-electron chi connectivity index (χ0n) is 16.2. The molecule has 1 aliphatic carbocycles. The number of hydrogen-bond acceptors (Lipinski definition) is 4. The highest BCUT2D eigenvalue weighted by molar-refractivity contribution is 6.19. The molecule has 29 heavy (non-hydrogen) atoms. The summed E-state index contributed by atoms with van der Waals surface area (Å²) < 4.78 is 38.2. The SMILES string of the molecule is C=C1CC(=O)CC(CC)(C(=O)N2CCN(c3ccc(C(F)(F)F)cc3)CC2)C1=O. The van der Waals surface area contributed by atoms with E-state index in [1.165, 1.54) is 12.1 Å². The first-order chi connectivity index (χ1) is 13.6. The van der Waals surface area contributed by atoms with Crippen LogP contribution in [0.15, 0.2) is 36.4 Å². The van der Waals surface area contributed by atoms with Crippen molar-refractivity contribution in [2.75, 3.05) is 31.1 Å². The van der Waals surface area contributed by atoms with Gasteiger partial charge in [0.1, 0.15) is 11.2 Å². The van der Waals surface area contributed by atoms with Gasteiger partial charge in [-0.25, -0.2) is 0 Å². The van der Waals surface area contributed by atoms with E-state index in [2.05, 4.69) is 6.58 Å². The molecule has 1 saturated carbocycles. The number of anilines is 1. The molecule has 1 aromatic carbocycles. The molecule has 2 aliphatic rings. The molecule has 0 bridgehead atoms. The number of amides is 1. The molecule has 1 amide bonds. The van der Waals surface area contributed by atoms with Gasteiger partial charge in [0.2, 0.25) is 5.91 Å². The van der Waals surface area contributed by atoms with Crippen LogP contribution < -0.4 is 4.90 Å². The average Bonchev–Trinajstić information content (AvgIpc) is 2.70. The Labute approximate surface area is 167 Å². The van der Waals surface area contributed by atoms with E-state index in [-0.39, 0.29) is 42.3 Å². The first kappa shape index (κ1) is 21.1. The molecule has 1 heterocycles. The van der Waals surface area contributed by atoms with Crippen LogP contribution >= 0.6 is 0 Å². The molecule has 5 nitrogen and oxygen atoms in total. The van der Waals surface area contributed by atoms with Crippen molar-refractivity contribution in [3.05, 3.63) is 42.0 Å². The highest BCUT2D eigenvalue weighted by Gasteiger charge is 2.51. The van der Waals surface area contributed by atoms with Crippen LogP contribution in [0.2, 0.25) is 0 Å². The van der Waals surface area contributed by atoms with Gasteiger partial charge in [-0.15, -0.1) is 0 Å². The summed E-state index contributed by atoms with van der Waals surface area (Å²) in [6, 6.07) is 4.91. The minimum atomic E-state index is -4.38. The Morgan fingerprint density at radius 3 is 2.21 bits per heavy atom. The van der Waals surface area contributed by atoms with E-state index < -0.39 is 17.2 Å². The van der Waals surface area contributed by atoms with Crippen LogP contribution in [0.3, 0.4) is 0 Å². The minimum Gasteiger partial charge on any atom is -0.368 e. The fourth-order valence-corrected chi connectivity index (χ4v) is 4.08. The normalized spacial score (nSPS) is 23.5. The van der Waals surface area contributed by atoms with Crippen molar-refractivity contribution < 1.29 is 27.6 Å². The van der Waals surface area contributed by atoms with Crippen LogP contribution in [-0.4, -0.2) is 48.6 Å². The third-order valence-electron chi connectivity index (χ3n) is 5.80. The molecule has 0 spiro atoms. The Morgan fingerprint density at radius 2 is 1.69 bits per heavy atom. The monoisotopic (exact) mass is 408 g/mol. The van der Waals surface area contributed by atoms with Crippen LogP contribution in [0.4, 0.5) is 18.9 Å². The number of piperazine rings is 1. The van der Waals surface area contributed by atoms with Gasteiger partial charge in [0.15, 0.2) is 5.78 Å². The van der Waals surface area contributed by atoms with Gasteiger partial charge in [0.25, 0.3) is 0 Å². The Hall–Kier alpha value is -2.64. The number of benzene rings is 1. The second kappa shape index (κ2) is 7.65. The third kappa shape index (κ3) is 3.93. The quantitative estimate of drug-likeness (QED) is 0.569. The molecular weight excluding hydrogens is 385 g/mol. The minimum absolute atomic E-state index is 0.00440. The van der Waals surface area contributed by atoms with E-state index in [1.807, 2.05) is 4.90 Å². The van der Waals surface area contributed by atoms with Gasteiger partial charge in [-0.1, -0.05) is 13.5 Å². The van der Waals surface area contributed by atoms with E-state index in [4.69, 9.17) is 0 Å². The van der Waals surface area contributed by atoms with Gasteiger partial charge in [-0.3, -0.25) is 14.4 Å². The molecule has 1 unspecified atom stereocenters. The molecule has 0 N–H and O–H groups in total. The summed E-state index contributed by atoms with van der Waals surface area (Å²) in [5, 5.41) is 0. The highest BCUT2D eigenvalue weighted by Crippen LogP contribution is 2.39. The van der Waals surface area contributed by atoms with Gasteiger partial charge in [-0.2, -0.15) is 13.2 Å². The lowest BCUT2D eigenvalue weighted by molar-refractivity contribution is -0.153. The zero-order chi connectivity index (χ0) is 21.4. The first-order valence-corrected chi connectivity index (χ1v) is 9.54. The van der Waals surface area contributed by atoms with Crippen LogP contribution in [0.25, 0.3) is 0 Å². The lowest BCUT2D eigenvalue weighted by atomic mass is 9.68. The van der Waals surface area contributed by atoms with E-state index in [9.17, 15) is 27.6 Å². The van der Waals surface area contributed by atoms with E-state index >= 15 is 0 Å². The van der Waals surface area contributed by atoms with Crippen LogP contribution in [-0.2, 0) is 20.6 Å². The maximum Gasteiger partial charge on any atom is 0.416 e. The van der Waals surface area contributed by atoms with Crippen molar-refractivity contribution in [1.82, 2.24) is 4.90 Å². The second-order valence-electron chi connectivity index (χ2n) is 7.58. The predicted molar refractivity (Wildman–Crippen MR) is 101 cm³/mol. The zero-order valence-corrected chi connectivity index (χ0v) is 16.2. The largest absolute Gasteiger partial charge is 0.416 e. The smallest absolute Gasteiger partial charge is 0.368 e. The van der Waals surface area contributed by atoms with Gasteiger partial charge < -0.3 is 9.80 Å². The van der Waals surface area contributed by atoms with Crippen molar-refractivity contribution in [3.63, 3.8) is 0 Å². The van der Waals surface area contributed by atoms with Crippen molar-refractivity contribution >= 4 is 23.2 Å². The number of carbonyl (C=O) groups excluding carboxylic acids is 3. The second-order valence-corrected chi connectivity index (χ2v) is 7.58. The summed E-state index contributed by atoms with van der Waals surface area (Å²) in [7, 11) is 0. The standard InChI is InChI=1S/C21H23F3N2O3/c1-3-20(13-17(27)12-14(2)18(20)28)19(29)26-10-8-25(9-11-26)16-6-4-15(5-7-16)21(22,23)24/h4-7H,2-3,8-13H2,1H3. The maximum atomic E-state index is 13.2. The molecule has 1 atom stereocenters. The van der Waals surface area contributed by atoms with E-state index in [1.54, 1.807) is 11.8 Å². The number of Topliss-reactive ketones (excluding diaryl/α,β-unsaturated/α-hetero) is 2. The molecule has 1 aliphatic heterocycles. The van der Waals surface area contributed by atoms with Crippen LogP contribution in [0.5, 0.6) is 0 Å². The van der Waals surface area contributed by atoms with E-state index in [0.29, 0.717) is 31.9 Å². The number of carbonyl (C=O) groups is 3. The number of halogens is 3. The number of ketones is 2. The van der Waals surface area contributed by atoms with Gasteiger partial charge >= 0.3 is 6.18 Å². The number of rotatable bonds is 3. The third-order valence-corrected chi connectivity index (χ3v) is 5.80. The lowest BCUT2D eigenvalue weighted by Gasteiger charge is -2.42. The van der Waals surface area contributed by atoms with Crippen molar-refractivity contribution in [2.24, 2.45) is 5.41 Å². The first-order valence-electron chi connectivity index (χ1n) is 9.54. The highest BCUT2D eigenvalue weighted by atomic mass is 19.4. The fraction of sp³-hybridized carbons (Fsp3) is 0.476. The average molecular weight is 408 g/mol. The van der Waals surface area contributed by atoms with Gasteiger partial charge in [0, 0.05) is 44.7 Å². The lowest BCUT2D eigenvalue weighted by Crippen LogP contribution is -2.57. The van der Waals surface area contributed by atoms with Gasteiger partial charge in [0.05, 0.1) is 5.56 Å². The molecule has 1 saturated heterocycles. The Kier molecular flexibility index (Phi) is 5.56. The van der Waals surface area contributed by atoms with Crippen LogP contribution in [0.1, 0.15) is 31.7 Å². The predicted octanol–water partition coefficient (Wildman–Crippen LogP) is 3.24. The molecule has 8 heteroatoms. The fourth-order valence-electron chi connectivity index (χ4n) is 4.08. The summed E-state index contributed by atoms with van der Waals surface area (Å²) in [5.74, 6) is -0.866. The Bertz CT molecular complexity index is 840. The number of nitrogens with zero attached hydrogens (tertiary/aromatic N) is 2. The molecule has 0 aromatic heterocycles. The summed E-state index contributed by atoms with van der Waals surface area (Å²) in [4.78, 5) is 41.4. The van der Waals surface area contributed by atoms with Crippen molar-refractivity contribution in [2.45, 2.75) is 32.4 Å². The molecular formula is C21H23F3N2O3. The number of alkyl halides is 3. The topological polar surface area (TPSA) is 57.7 Å². The van der Waals surface area contributed by atoms with Gasteiger partial charge in [-0.05, 0) is 36.3 Å². The van der Waals surface area contributed by atoms with Crippen molar-refractivity contribution in [3.8, 4) is 0 Å². The Morgan fingerprint density at radius 1 is 1.10 bits per heavy atom. The van der Waals surface area contributed by atoms with E-state index in [0.717, 1.165) is 12.1 Å². The summed E-state index contributed by atoms with van der Waals surface area (Å²) in [6.07, 6.45) is -4.25. The van der Waals surface area contributed by atoms with Crippen molar-refractivity contribution in [1.29, 1.82) is 0 Å². The maximum absolute atomic E-state index is 13.2. The molecule has 3 rings (SSSR count). The number of hydrogen-bond donors (Lipinski definition) is 0. The van der Waals surface area contributed by atoms with Crippen LogP contribution in [0, 0.1) is 5.41 Å². The number of allylic oxidation sites excluding steroid dienone is 1. The molecule has 156 valence electrons. The molecule has 2 fully saturated rings. The molecule has 1 aromatic rings. The summed E-state index contributed by atoms with van der Waals surface area (Å²) in [5.41, 5.74) is -1.25.